The maximum atomic E-state index is 11.9. The third kappa shape index (κ3) is 2.37. The fourth-order valence-corrected chi connectivity index (χ4v) is 2.62. The van der Waals surface area contributed by atoms with Crippen molar-refractivity contribution in [3.8, 4) is 5.75 Å². The van der Waals surface area contributed by atoms with E-state index < -0.39 is 0 Å². The van der Waals surface area contributed by atoms with Crippen molar-refractivity contribution in [3.05, 3.63) is 29.5 Å². The molecule has 0 aliphatic rings. The number of hydrogen-bond donors (Lipinski definition) is 0. The molecule has 19 heavy (non-hydrogen) atoms. The minimum absolute atomic E-state index is 0.113. The highest BCUT2D eigenvalue weighted by molar-refractivity contribution is 6.08. The summed E-state index contributed by atoms with van der Waals surface area (Å²) >= 11 is 0. The quantitative estimate of drug-likeness (QED) is 0.761. The van der Waals surface area contributed by atoms with Crippen LogP contribution in [0.25, 0.3) is 10.9 Å². The Bertz CT molecular complexity index is 611. The standard InChI is InChI=1S/C16H21NO2/c1-5-9-19-13-7-8-15-14(10-13)16(12(4)18)11(3)17(15)6-2/h7-8,10H,5-6,9H2,1-4H3. The number of Topliss-reactive ketones (excluding diaryl/α,β-unsaturated/α-hetero) is 1. The summed E-state index contributed by atoms with van der Waals surface area (Å²) in [4.78, 5) is 11.9. The number of benzene rings is 1. The Morgan fingerprint density at radius 1 is 1.32 bits per heavy atom. The minimum atomic E-state index is 0.113. The van der Waals surface area contributed by atoms with E-state index in [1.807, 2.05) is 25.1 Å². The van der Waals surface area contributed by atoms with Crippen molar-refractivity contribution in [1.82, 2.24) is 4.57 Å². The first-order valence-electron chi connectivity index (χ1n) is 6.86. The van der Waals surface area contributed by atoms with Gasteiger partial charge in [-0.1, -0.05) is 6.92 Å². The van der Waals surface area contributed by atoms with Gasteiger partial charge < -0.3 is 9.30 Å². The van der Waals surface area contributed by atoms with E-state index in [1.165, 1.54) is 0 Å². The second-order valence-corrected chi connectivity index (χ2v) is 4.79. The van der Waals surface area contributed by atoms with E-state index in [9.17, 15) is 4.79 Å². The third-order valence-electron chi connectivity index (χ3n) is 3.44. The highest BCUT2D eigenvalue weighted by Crippen LogP contribution is 2.29. The van der Waals surface area contributed by atoms with E-state index in [-0.39, 0.29) is 5.78 Å². The molecule has 0 fully saturated rings. The number of ketones is 1. The molecule has 0 saturated heterocycles. The lowest BCUT2D eigenvalue weighted by atomic mass is 10.1. The molecule has 0 spiro atoms. The van der Waals surface area contributed by atoms with Gasteiger partial charge >= 0.3 is 0 Å². The molecule has 0 unspecified atom stereocenters. The lowest BCUT2D eigenvalue weighted by Gasteiger charge is -2.06. The predicted octanol–water partition coefficient (Wildman–Crippen LogP) is 3.96. The maximum absolute atomic E-state index is 11.9. The summed E-state index contributed by atoms with van der Waals surface area (Å²) in [6.45, 7) is 9.38. The van der Waals surface area contributed by atoms with Crippen LogP contribution in [-0.2, 0) is 6.54 Å². The number of nitrogens with zero attached hydrogens (tertiary/aromatic N) is 1. The SMILES string of the molecule is CCCOc1ccc2c(c1)c(C(C)=O)c(C)n2CC. The van der Waals surface area contributed by atoms with Gasteiger partial charge in [0.25, 0.3) is 0 Å². The van der Waals surface area contributed by atoms with E-state index >= 15 is 0 Å². The lowest BCUT2D eigenvalue weighted by molar-refractivity contribution is 0.101. The van der Waals surface area contributed by atoms with Crippen molar-refractivity contribution in [2.45, 2.75) is 40.7 Å². The number of carbonyl (C=O) groups excluding carboxylic acids is 1. The van der Waals surface area contributed by atoms with Crippen LogP contribution >= 0.6 is 0 Å². The normalized spacial score (nSPS) is 10.9. The maximum Gasteiger partial charge on any atom is 0.162 e. The third-order valence-corrected chi connectivity index (χ3v) is 3.44. The lowest BCUT2D eigenvalue weighted by Crippen LogP contribution is -1.99. The molecular formula is C16H21NO2. The summed E-state index contributed by atoms with van der Waals surface area (Å²) < 4.78 is 7.84. The zero-order valence-electron chi connectivity index (χ0n) is 12.1. The molecule has 0 aliphatic carbocycles. The van der Waals surface area contributed by atoms with Crippen LogP contribution in [0.4, 0.5) is 0 Å². The minimum Gasteiger partial charge on any atom is -0.494 e. The molecule has 3 nitrogen and oxygen atoms in total. The van der Waals surface area contributed by atoms with E-state index in [1.54, 1.807) is 6.92 Å². The second-order valence-electron chi connectivity index (χ2n) is 4.79. The number of ether oxygens (including phenoxy) is 1. The topological polar surface area (TPSA) is 31.2 Å². The van der Waals surface area contributed by atoms with E-state index in [0.29, 0.717) is 6.61 Å². The van der Waals surface area contributed by atoms with Crippen LogP contribution < -0.4 is 4.74 Å². The van der Waals surface area contributed by atoms with Crippen LogP contribution in [0.15, 0.2) is 18.2 Å². The van der Waals surface area contributed by atoms with Gasteiger partial charge in [-0.25, -0.2) is 0 Å². The summed E-state index contributed by atoms with van der Waals surface area (Å²) in [5, 5.41) is 1.00. The fourth-order valence-electron chi connectivity index (χ4n) is 2.62. The summed E-state index contributed by atoms with van der Waals surface area (Å²) in [5.41, 5.74) is 2.96. The first-order valence-corrected chi connectivity index (χ1v) is 6.86. The predicted molar refractivity (Wildman–Crippen MR) is 78.1 cm³/mol. The molecule has 1 aromatic carbocycles. The van der Waals surface area contributed by atoms with Crippen molar-refractivity contribution in [3.63, 3.8) is 0 Å². The molecule has 0 bridgehead atoms. The highest BCUT2D eigenvalue weighted by Gasteiger charge is 2.16. The van der Waals surface area contributed by atoms with Gasteiger partial charge in [0.1, 0.15) is 5.75 Å². The Labute approximate surface area is 114 Å². The number of carbonyl (C=O) groups is 1. The zero-order chi connectivity index (χ0) is 14.0. The molecule has 1 heterocycles. The van der Waals surface area contributed by atoms with E-state index in [0.717, 1.165) is 40.9 Å². The van der Waals surface area contributed by atoms with Gasteiger partial charge in [0.2, 0.25) is 0 Å². The molecule has 1 aromatic heterocycles. The van der Waals surface area contributed by atoms with Crippen molar-refractivity contribution in [2.24, 2.45) is 0 Å². The Morgan fingerprint density at radius 3 is 2.63 bits per heavy atom. The molecular weight excluding hydrogens is 238 g/mol. The van der Waals surface area contributed by atoms with Crippen LogP contribution in [0.2, 0.25) is 0 Å². The molecule has 0 N–H and O–H groups in total. The fraction of sp³-hybridized carbons (Fsp3) is 0.438. The van der Waals surface area contributed by atoms with Crippen molar-refractivity contribution in [2.75, 3.05) is 6.61 Å². The van der Waals surface area contributed by atoms with Crippen LogP contribution in [0.1, 0.15) is 43.2 Å². The number of fused-ring (bicyclic) bond motifs is 1. The van der Waals surface area contributed by atoms with Gasteiger partial charge in [0.15, 0.2) is 5.78 Å². The van der Waals surface area contributed by atoms with E-state index in [2.05, 4.69) is 18.4 Å². The molecule has 0 atom stereocenters. The van der Waals surface area contributed by atoms with Gasteiger partial charge in [0, 0.05) is 28.7 Å². The first kappa shape index (κ1) is 13.7. The number of aromatic nitrogens is 1. The molecule has 3 heteroatoms. The molecule has 0 saturated carbocycles. The van der Waals surface area contributed by atoms with Crippen LogP contribution in [0.3, 0.4) is 0 Å². The molecule has 0 aliphatic heterocycles. The average molecular weight is 259 g/mol. The summed E-state index contributed by atoms with van der Waals surface area (Å²) in [7, 11) is 0. The summed E-state index contributed by atoms with van der Waals surface area (Å²) in [6.07, 6.45) is 0.979. The zero-order valence-corrected chi connectivity index (χ0v) is 12.1. The van der Waals surface area contributed by atoms with Gasteiger partial charge in [-0.15, -0.1) is 0 Å². The van der Waals surface area contributed by atoms with Crippen LogP contribution in [0, 0.1) is 6.92 Å². The Balaban J connectivity index is 2.62. The van der Waals surface area contributed by atoms with Gasteiger partial charge in [-0.3, -0.25) is 4.79 Å². The first-order chi connectivity index (χ1) is 9.10. The van der Waals surface area contributed by atoms with Gasteiger partial charge in [-0.05, 0) is 45.4 Å². The summed E-state index contributed by atoms with van der Waals surface area (Å²) in [6, 6.07) is 6.01. The highest BCUT2D eigenvalue weighted by atomic mass is 16.5. The van der Waals surface area contributed by atoms with Crippen molar-refractivity contribution in [1.29, 1.82) is 0 Å². The molecule has 102 valence electrons. The smallest absolute Gasteiger partial charge is 0.162 e. The average Bonchev–Trinajstić information content (AvgIpc) is 2.66. The van der Waals surface area contributed by atoms with E-state index in [4.69, 9.17) is 4.74 Å². The molecule has 2 aromatic rings. The molecule has 0 radical (unpaired) electrons. The second kappa shape index (κ2) is 5.47. The monoisotopic (exact) mass is 259 g/mol. The van der Waals surface area contributed by atoms with Crippen LogP contribution in [0.5, 0.6) is 5.75 Å². The van der Waals surface area contributed by atoms with Gasteiger partial charge in [0.05, 0.1) is 6.61 Å². The van der Waals surface area contributed by atoms with Crippen LogP contribution in [-0.4, -0.2) is 17.0 Å². The summed E-state index contributed by atoms with van der Waals surface area (Å²) in [5.74, 6) is 0.951. The Hall–Kier alpha value is -1.77. The number of aryl methyl sites for hydroxylation is 1. The molecule has 2 rings (SSSR count). The van der Waals surface area contributed by atoms with Gasteiger partial charge in [-0.2, -0.15) is 0 Å². The Morgan fingerprint density at radius 2 is 2.05 bits per heavy atom. The Kier molecular flexibility index (Phi) is 3.93. The van der Waals surface area contributed by atoms with Crippen molar-refractivity contribution < 1.29 is 9.53 Å². The number of hydrogen-bond acceptors (Lipinski definition) is 2. The molecule has 0 amide bonds. The number of rotatable bonds is 5. The van der Waals surface area contributed by atoms with Crippen molar-refractivity contribution >= 4 is 16.7 Å². The largest absolute Gasteiger partial charge is 0.494 e.